The van der Waals surface area contributed by atoms with Gasteiger partial charge in [-0.05, 0) is 30.2 Å². The van der Waals surface area contributed by atoms with Crippen molar-refractivity contribution in [3.63, 3.8) is 0 Å². The van der Waals surface area contributed by atoms with Crippen molar-refractivity contribution >= 4 is 5.97 Å². The van der Waals surface area contributed by atoms with Crippen LogP contribution in [0.5, 0.6) is 0 Å². The average molecular weight is 269 g/mol. The molecule has 1 atom stereocenters. The number of nitrogens with one attached hydrogen (secondary N) is 1. The van der Waals surface area contributed by atoms with Crippen LogP contribution in [0.1, 0.15) is 24.4 Å². The second-order valence-corrected chi connectivity index (χ2v) is 4.76. The second kappa shape index (κ2) is 6.87. The molecule has 3 heteroatoms. The van der Waals surface area contributed by atoms with Gasteiger partial charge in [0.05, 0.1) is 0 Å². The van der Waals surface area contributed by atoms with Crippen molar-refractivity contribution in [1.82, 2.24) is 5.32 Å². The first kappa shape index (κ1) is 14.3. The third kappa shape index (κ3) is 3.68. The lowest BCUT2D eigenvalue weighted by Crippen LogP contribution is -2.17. The fraction of sp³-hybridized carbons (Fsp3) is 0.235. The molecule has 0 fully saturated rings. The zero-order valence-corrected chi connectivity index (χ0v) is 11.5. The van der Waals surface area contributed by atoms with Crippen LogP contribution in [0, 0.1) is 0 Å². The van der Waals surface area contributed by atoms with Crippen molar-refractivity contribution < 1.29 is 9.90 Å². The fourth-order valence-corrected chi connectivity index (χ4v) is 2.28. The molecule has 20 heavy (non-hydrogen) atoms. The monoisotopic (exact) mass is 269 g/mol. The molecule has 2 aromatic carbocycles. The van der Waals surface area contributed by atoms with Gasteiger partial charge >= 0.3 is 5.97 Å². The van der Waals surface area contributed by atoms with Crippen LogP contribution < -0.4 is 5.32 Å². The van der Waals surface area contributed by atoms with Gasteiger partial charge in [-0.2, -0.15) is 0 Å². The maximum Gasteiger partial charge on any atom is 0.303 e. The molecule has 0 amide bonds. The van der Waals surface area contributed by atoms with Gasteiger partial charge in [-0.1, -0.05) is 54.6 Å². The number of aliphatic carboxylic acids is 1. The zero-order chi connectivity index (χ0) is 14.4. The van der Waals surface area contributed by atoms with Gasteiger partial charge in [-0.15, -0.1) is 0 Å². The summed E-state index contributed by atoms with van der Waals surface area (Å²) in [5, 5.41) is 11.9. The van der Waals surface area contributed by atoms with Crippen molar-refractivity contribution in [2.75, 3.05) is 7.05 Å². The van der Waals surface area contributed by atoms with E-state index in [9.17, 15) is 4.79 Å². The standard InChI is InChI=1S/C17H19NO2/c1-18-16(11-12-17(19)20)15-9-7-14(8-10-15)13-5-3-2-4-6-13/h2-10,16,18H,11-12H2,1H3,(H,19,20). The Kier molecular flexibility index (Phi) is 4.91. The van der Waals surface area contributed by atoms with E-state index in [1.54, 1.807) is 0 Å². The number of rotatable bonds is 6. The Balaban J connectivity index is 2.12. The van der Waals surface area contributed by atoms with Crippen molar-refractivity contribution in [3.05, 3.63) is 60.2 Å². The molecule has 1 unspecified atom stereocenters. The van der Waals surface area contributed by atoms with Crippen LogP contribution >= 0.6 is 0 Å². The molecular formula is C17H19NO2. The lowest BCUT2D eigenvalue weighted by atomic mass is 9.98. The Hall–Kier alpha value is -2.13. The average Bonchev–Trinajstić information content (AvgIpc) is 2.49. The van der Waals surface area contributed by atoms with Crippen LogP contribution in [0.15, 0.2) is 54.6 Å². The molecule has 2 rings (SSSR count). The maximum absolute atomic E-state index is 10.7. The summed E-state index contributed by atoms with van der Waals surface area (Å²) >= 11 is 0. The number of benzene rings is 2. The smallest absolute Gasteiger partial charge is 0.303 e. The summed E-state index contributed by atoms with van der Waals surface area (Å²) in [7, 11) is 1.86. The number of carboxylic acids is 1. The summed E-state index contributed by atoms with van der Waals surface area (Å²) in [6.07, 6.45) is 0.766. The summed E-state index contributed by atoms with van der Waals surface area (Å²) in [5.74, 6) is -0.758. The SMILES string of the molecule is CNC(CCC(=O)O)c1ccc(-c2ccccc2)cc1. The Morgan fingerprint density at radius 3 is 2.20 bits per heavy atom. The van der Waals surface area contributed by atoms with E-state index in [-0.39, 0.29) is 12.5 Å². The molecule has 3 nitrogen and oxygen atoms in total. The van der Waals surface area contributed by atoms with E-state index >= 15 is 0 Å². The molecule has 0 aliphatic carbocycles. The first-order chi connectivity index (χ1) is 9.70. The fourth-order valence-electron chi connectivity index (χ4n) is 2.28. The van der Waals surface area contributed by atoms with Gasteiger partial charge in [0, 0.05) is 12.5 Å². The highest BCUT2D eigenvalue weighted by atomic mass is 16.4. The highest BCUT2D eigenvalue weighted by molar-refractivity contribution is 5.67. The predicted molar refractivity (Wildman–Crippen MR) is 80.5 cm³/mol. The minimum atomic E-state index is -0.758. The van der Waals surface area contributed by atoms with Gasteiger partial charge in [0.1, 0.15) is 0 Å². The number of carbonyl (C=O) groups is 1. The highest BCUT2D eigenvalue weighted by Crippen LogP contribution is 2.23. The molecule has 0 spiro atoms. The molecule has 0 aliphatic heterocycles. The van der Waals surface area contributed by atoms with Gasteiger partial charge < -0.3 is 10.4 Å². The van der Waals surface area contributed by atoms with Gasteiger partial charge in [0.15, 0.2) is 0 Å². The molecule has 0 heterocycles. The minimum absolute atomic E-state index is 0.0796. The van der Waals surface area contributed by atoms with E-state index < -0.39 is 5.97 Å². The normalized spacial score (nSPS) is 12.1. The largest absolute Gasteiger partial charge is 0.481 e. The van der Waals surface area contributed by atoms with E-state index in [4.69, 9.17) is 5.11 Å². The van der Waals surface area contributed by atoms with Crippen molar-refractivity contribution in [3.8, 4) is 11.1 Å². The van der Waals surface area contributed by atoms with E-state index in [1.165, 1.54) is 11.1 Å². The van der Waals surface area contributed by atoms with Crippen LogP contribution in [0.3, 0.4) is 0 Å². The molecular weight excluding hydrogens is 250 g/mol. The second-order valence-electron chi connectivity index (χ2n) is 4.76. The van der Waals surface area contributed by atoms with Gasteiger partial charge in [-0.25, -0.2) is 0 Å². The maximum atomic E-state index is 10.7. The van der Waals surface area contributed by atoms with Crippen LogP contribution in [0.2, 0.25) is 0 Å². The molecule has 0 radical (unpaired) electrons. The first-order valence-electron chi connectivity index (χ1n) is 6.75. The molecule has 2 aromatic rings. The lowest BCUT2D eigenvalue weighted by molar-refractivity contribution is -0.137. The molecule has 0 saturated carbocycles. The molecule has 104 valence electrons. The summed E-state index contributed by atoms with van der Waals surface area (Å²) in [4.78, 5) is 10.7. The van der Waals surface area contributed by atoms with E-state index in [1.807, 2.05) is 25.2 Å². The summed E-state index contributed by atoms with van der Waals surface area (Å²) in [5.41, 5.74) is 3.47. The Bertz CT molecular complexity index is 549. The first-order valence-corrected chi connectivity index (χ1v) is 6.75. The van der Waals surface area contributed by atoms with E-state index in [0.717, 1.165) is 5.56 Å². The summed E-state index contributed by atoms with van der Waals surface area (Å²) in [6.45, 7) is 0. The van der Waals surface area contributed by atoms with Crippen molar-refractivity contribution in [2.45, 2.75) is 18.9 Å². The number of carboxylic acid groups (broad SMARTS) is 1. The molecule has 0 bridgehead atoms. The van der Waals surface area contributed by atoms with Crippen molar-refractivity contribution in [1.29, 1.82) is 0 Å². The Labute approximate surface area is 119 Å². The predicted octanol–water partition coefficient (Wildman–Crippen LogP) is 3.48. The van der Waals surface area contributed by atoms with Crippen LogP contribution in [0.25, 0.3) is 11.1 Å². The van der Waals surface area contributed by atoms with Crippen LogP contribution in [-0.4, -0.2) is 18.1 Å². The van der Waals surface area contributed by atoms with Gasteiger partial charge in [-0.3, -0.25) is 4.79 Å². The molecule has 0 saturated heterocycles. The third-order valence-corrected chi connectivity index (χ3v) is 3.42. The number of hydrogen-bond donors (Lipinski definition) is 2. The van der Waals surface area contributed by atoms with Gasteiger partial charge in [0.25, 0.3) is 0 Å². The Morgan fingerprint density at radius 2 is 1.65 bits per heavy atom. The lowest BCUT2D eigenvalue weighted by Gasteiger charge is -2.16. The zero-order valence-electron chi connectivity index (χ0n) is 11.5. The third-order valence-electron chi connectivity index (χ3n) is 3.42. The summed E-state index contributed by atoms with van der Waals surface area (Å²) in [6, 6.07) is 18.6. The minimum Gasteiger partial charge on any atom is -0.481 e. The van der Waals surface area contributed by atoms with Crippen LogP contribution in [0.4, 0.5) is 0 Å². The van der Waals surface area contributed by atoms with Crippen LogP contribution in [-0.2, 0) is 4.79 Å². The highest BCUT2D eigenvalue weighted by Gasteiger charge is 2.11. The molecule has 2 N–H and O–H groups in total. The molecule has 0 aliphatic rings. The quantitative estimate of drug-likeness (QED) is 0.844. The topological polar surface area (TPSA) is 49.3 Å². The van der Waals surface area contributed by atoms with Gasteiger partial charge in [0.2, 0.25) is 0 Å². The van der Waals surface area contributed by atoms with E-state index in [0.29, 0.717) is 6.42 Å². The number of hydrogen-bond acceptors (Lipinski definition) is 2. The molecule has 0 aromatic heterocycles. The van der Waals surface area contributed by atoms with Crippen molar-refractivity contribution in [2.24, 2.45) is 0 Å². The summed E-state index contributed by atoms with van der Waals surface area (Å²) < 4.78 is 0. The Morgan fingerprint density at radius 1 is 1.05 bits per heavy atom. The van der Waals surface area contributed by atoms with E-state index in [2.05, 4.69) is 41.7 Å².